The van der Waals surface area contributed by atoms with Gasteiger partial charge in [-0.05, 0) is 29.1 Å². The molecule has 0 saturated heterocycles. The third kappa shape index (κ3) is 3.31. The Morgan fingerprint density at radius 1 is 1.50 bits per heavy atom. The lowest BCUT2D eigenvalue weighted by atomic mass is 9.78. The van der Waals surface area contributed by atoms with Crippen molar-refractivity contribution in [3.8, 4) is 0 Å². The van der Waals surface area contributed by atoms with Crippen molar-refractivity contribution in [3.63, 3.8) is 0 Å². The van der Waals surface area contributed by atoms with Crippen LogP contribution in [0.25, 0.3) is 0 Å². The zero-order valence-corrected chi connectivity index (χ0v) is 13.0. The largest absolute Gasteiger partial charge is 0.491 e. The number of carbonyl (C=O) groups is 2. The van der Waals surface area contributed by atoms with E-state index in [1.807, 2.05) is 13.8 Å². The Bertz CT molecular complexity index is 577. The van der Waals surface area contributed by atoms with Gasteiger partial charge in [-0.3, -0.25) is 4.79 Å². The van der Waals surface area contributed by atoms with E-state index in [1.165, 1.54) is 7.11 Å². The van der Waals surface area contributed by atoms with E-state index in [0.29, 0.717) is 17.6 Å². The van der Waals surface area contributed by atoms with Crippen LogP contribution in [0.15, 0.2) is 18.2 Å². The van der Waals surface area contributed by atoms with Gasteiger partial charge in [-0.15, -0.1) is 0 Å². The molecule has 6 nitrogen and oxygen atoms in total. The van der Waals surface area contributed by atoms with Gasteiger partial charge in [0, 0.05) is 5.56 Å². The summed E-state index contributed by atoms with van der Waals surface area (Å²) >= 11 is 0. The molecule has 7 heteroatoms. The Labute approximate surface area is 129 Å². The maximum atomic E-state index is 12.4. The Morgan fingerprint density at radius 3 is 2.86 bits per heavy atom. The van der Waals surface area contributed by atoms with Crippen molar-refractivity contribution in [3.05, 3.63) is 29.3 Å². The highest BCUT2D eigenvalue weighted by molar-refractivity contribution is 6.61. The van der Waals surface area contributed by atoms with Crippen LogP contribution in [-0.2, 0) is 20.8 Å². The summed E-state index contributed by atoms with van der Waals surface area (Å²) in [6.45, 7) is 4.15. The maximum Gasteiger partial charge on any atom is 0.491 e. The fourth-order valence-electron chi connectivity index (χ4n) is 2.38. The summed E-state index contributed by atoms with van der Waals surface area (Å²) in [5.74, 6) is -0.885. The molecule has 1 aliphatic heterocycles. The Kier molecular flexibility index (Phi) is 5.21. The van der Waals surface area contributed by atoms with Gasteiger partial charge in [-0.2, -0.15) is 0 Å². The van der Waals surface area contributed by atoms with Crippen LogP contribution in [0.5, 0.6) is 0 Å². The van der Waals surface area contributed by atoms with Crippen LogP contribution in [0.3, 0.4) is 0 Å². The quantitative estimate of drug-likeness (QED) is 0.600. The molecule has 0 fully saturated rings. The van der Waals surface area contributed by atoms with E-state index in [2.05, 4.69) is 5.32 Å². The van der Waals surface area contributed by atoms with E-state index in [9.17, 15) is 14.6 Å². The number of esters is 1. The van der Waals surface area contributed by atoms with Crippen LogP contribution in [0.2, 0.25) is 0 Å². The zero-order chi connectivity index (χ0) is 16.3. The van der Waals surface area contributed by atoms with E-state index in [0.717, 1.165) is 12.0 Å². The summed E-state index contributed by atoms with van der Waals surface area (Å²) in [4.78, 5) is 24.2. The fraction of sp³-hybridized carbons (Fsp3) is 0.467. The average Bonchev–Trinajstić information content (AvgIpc) is 2.91. The molecule has 2 N–H and O–H groups in total. The summed E-state index contributed by atoms with van der Waals surface area (Å²) in [6.07, 6.45) is 0.733. The average molecular weight is 305 g/mol. The number of amides is 1. The molecule has 1 heterocycles. The molecule has 1 amide bonds. The van der Waals surface area contributed by atoms with Gasteiger partial charge in [-0.1, -0.05) is 26.3 Å². The van der Waals surface area contributed by atoms with Gasteiger partial charge in [0.25, 0.3) is 5.91 Å². The zero-order valence-electron chi connectivity index (χ0n) is 13.0. The first-order valence-electron chi connectivity index (χ1n) is 7.29. The van der Waals surface area contributed by atoms with Crippen molar-refractivity contribution in [2.45, 2.75) is 32.9 Å². The van der Waals surface area contributed by atoms with Crippen molar-refractivity contribution in [1.82, 2.24) is 5.32 Å². The van der Waals surface area contributed by atoms with Gasteiger partial charge in [0.15, 0.2) is 0 Å². The summed E-state index contributed by atoms with van der Waals surface area (Å²) in [7, 11) is 0.293. The number of hydrogen-bond donors (Lipinski definition) is 2. The minimum Gasteiger partial charge on any atom is -0.467 e. The third-order valence-corrected chi connectivity index (χ3v) is 4.03. The number of hydrogen-bond acceptors (Lipinski definition) is 5. The molecule has 22 heavy (non-hydrogen) atoms. The normalized spacial score (nSPS) is 15.9. The first-order chi connectivity index (χ1) is 10.5. The number of fused-ring (bicyclic) bond motifs is 1. The number of methoxy groups -OCH3 is 1. The molecule has 0 aromatic heterocycles. The second-order valence-corrected chi connectivity index (χ2v) is 5.44. The molecule has 2 rings (SSSR count). The summed E-state index contributed by atoms with van der Waals surface area (Å²) in [5.41, 5.74) is 1.82. The van der Waals surface area contributed by atoms with Crippen molar-refractivity contribution < 1.29 is 24.0 Å². The summed E-state index contributed by atoms with van der Waals surface area (Å²) in [6, 6.07) is 4.29. The number of carbonyl (C=O) groups excluding carboxylic acids is 2. The van der Waals surface area contributed by atoms with E-state index in [1.54, 1.807) is 18.2 Å². The number of ether oxygens (including phenoxy) is 1. The van der Waals surface area contributed by atoms with Crippen LogP contribution in [0.4, 0.5) is 0 Å². The topological polar surface area (TPSA) is 84.9 Å². The fourth-order valence-corrected chi connectivity index (χ4v) is 2.38. The predicted octanol–water partition coefficient (Wildman–Crippen LogP) is 0.222. The van der Waals surface area contributed by atoms with Gasteiger partial charge in [0.2, 0.25) is 0 Å². The van der Waals surface area contributed by atoms with Gasteiger partial charge < -0.3 is 19.7 Å². The van der Waals surface area contributed by atoms with Gasteiger partial charge >= 0.3 is 13.1 Å². The molecular weight excluding hydrogens is 285 g/mol. The molecule has 0 bridgehead atoms. The molecule has 2 atom stereocenters. The second kappa shape index (κ2) is 6.94. The van der Waals surface area contributed by atoms with E-state index in [4.69, 9.17) is 9.39 Å². The smallest absolute Gasteiger partial charge is 0.467 e. The maximum absolute atomic E-state index is 12.4. The highest BCUT2D eigenvalue weighted by atomic mass is 16.5. The van der Waals surface area contributed by atoms with Crippen molar-refractivity contribution in [1.29, 1.82) is 0 Å². The second-order valence-electron chi connectivity index (χ2n) is 5.44. The first kappa shape index (κ1) is 16.5. The summed E-state index contributed by atoms with van der Waals surface area (Å²) in [5, 5.41) is 12.4. The predicted molar refractivity (Wildman–Crippen MR) is 81.6 cm³/mol. The van der Waals surface area contributed by atoms with E-state index < -0.39 is 19.1 Å². The van der Waals surface area contributed by atoms with Crippen LogP contribution in [0, 0.1) is 5.92 Å². The molecule has 0 saturated carbocycles. The molecular formula is C15H20BNO5. The number of benzene rings is 1. The molecule has 0 spiro atoms. The number of rotatable bonds is 5. The molecule has 1 unspecified atom stereocenters. The van der Waals surface area contributed by atoms with Gasteiger partial charge in [0.05, 0.1) is 13.7 Å². The molecule has 0 radical (unpaired) electrons. The molecule has 1 aliphatic rings. The van der Waals surface area contributed by atoms with Crippen LogP contribution < -0.4 is 10.8 Å². The molecule has 118 valence electrons. The first-order valence-corrected chi connectivity index (χ1v) is 7.29. The minimum atomic E-state index is -1.01. The van der Waals surface area contributed by atoms with Gasteiger partial charge in [0.1, 0.15) is 6.04 Å². The van der Waals surface area contributed by atoms with Crippen molar-refractivity contribution in [2.24, 2.45) is 5.92 Å². The standard InChI is InChI=1S/C15H20BNO5/c1-4-9(2)13(15(19)21-3)17-14(18)10-5-6-11-8-22-16(20)12(11)7-10/h5-7,9,13,20H,4,8H2,1-3H3,(H,17,18)/t9?,13-/m0/s1. The Balaban J connectivity index is 2.17. The monoisotopic (exact) mass is 305 g/mol. The Hall–Kier alpha value is -1.86. The molecule has 1 aromatic rings. The Morgan fingerprint density at radius 2 is 2.23 bits per heavy atom. The van der Waals surface area contributed by atoms with Crippen LogP contribution >= 0.6 is 0 Å². The SMILES string of the molecule is CCC(C)[C@H](NC(=O)c1ccc2c(c1)B(O)OC2)C(=O)OC. The lowest BCUT2D eigenvalue weighted by Gasteiger charge is -2.22. The third-order valence-electron chi connectivity index (χ3n) is 4.03. The molecule has 1 aromatic carbocycles. The van der Waals surface area contributed by atoms with Crippen LogP contribution in [0.1, 0.15) is 36.2 Å². The lowest BCUT2D eigenvalue weighted by molar-refractivity contribution is -0.144. The minimum absolute atomic E-state index is 0.0419. The highest BCUT2D eigenvalue weighted by Crippen LogP contribution is 2.13. The highest BCUT2D eigenvalue weighted by Gasteiger charge is 2.30. The van der Waals surface area contributed by atoms with Crippen molar-refractivity contribution >= 4 is 24.5 Å². The lowest BCUT2D eigenvalue weighted by Crippen LogP contribution is -2.46. The van der Waals surface area contributed by atoms with Crippen LogP contribution in [-0.4, -0.2) is 37.2 Å². The van der Waals surface area contributed by atoms with E-state index >= 15 is 0 Å². The van der Waals surface area contributed by atoms with E-state index in [-0.39, 0.29) is 11.8 Å². The van der Waals surface area contributed by atoms with Gasteiger partial charge in [-0.25, -0.2) is 4.79 Å². The number of nitrogens with one attached hydrogen (secondary N) is 1. The summed E-state index contributed by atoms with van der Waals surface area (Å²) < 4.78 is 9.85. The van der Waals surface area contributed by atoms with Crippen molar-refractivity contribution in [2.75, 3.05) is 7.11 Å². The molecule has 0 aliphatic carbocycles.